The van der Waals surface area contributed by atoms with Crippen LogP contribution in [0.1, 0.15) is 11.1 Å². The van der Waals surface area contributed by atoms with Crippen molar-refractivity contribution >= 4 is 6.09 Å². The van der Waals surface area contributed by atoms with Crippen LogP contribution < -0.4 is 10.1 Å². The quantitative estimate of drug-likeness (QED) is 0.716. The van der Waals surface area contributed by atoms with E-state index < -0.39 is 6.09 Å². The van der Waals surface area contributed by atoms with Crippen LogP contribution >= 0.6 is 0 Å². The molecule has 1 aromatic rings. The van der Waals surface area contributed by atoms with Crippen molar-refractivity contribution in [1.82, 2.24) is 5.32 Å². The van der Waals surface area contributed by atoms with Crippen molar-refractivity contribution in [2.45, 2.75) is 13.8 Å². The summed E-state index contributed by atoms with van der Waals surface area (Å²) in [6, 6.07) is 5.75. The highest BCUT2D eigenvalue weighted by Gasteiger charge is 2.06. The van der Waals surface area contributed by atoms with Gasteiger partial charge in [0.1, 0.15) is 5.75 Å². The van der Waals surface area contributed by atoms with Crippen LogP contribution in [0.4, 0.5) is 4.79 Å². The van der Waals surface area contributed by atoms with Crippen molar-refractivity contribution in [3.63, 3.8) is 0 Å². The van der Waals surface area contributed by atoms with E-state index in [2.05, 4.69) is 5.32 Å². The van der Waals surface area contributed by atoms with Crippen LogP contribution in [0.3, 0.4) is 0 Å². The molecule has 3 nitrogen and oxygen atoms in total. The summed E-state index contributed by atoms with van der Waals surface area (Å²) >= 11 is 0. The number of para-hydroxylation sites is 1. The molecule has 0 aliphatic heterocycles. The Bertz CT molecular complexity index is 300. The fourth-order valence-electron chi connectivity index (χ4n) is 1.10. The number of amides is 1. The number of hydrogen-bond donors (Lipinski definition) is 1. The van der Waals surface area contributed by atoms with Crippen molar-refractivity contribution in [2.75, 3.05) is 7.05 Å². The van der Waals surface area contributed by atoms with Gasteiger partial charge in [0.25, 0.3) is 0 Å². The average Bonchev–Trinajstić information content (AvgIpc) is 2.11. The fourth-order valence-corrected chi connectivity index (χ4v) is 1.10. The SMILES string of the molecule is CNC(=O)Oc1c(C)cccc1C. The lowest BCUT2D eigenvalue weighted by Gasteiger charge is -2.08. The Morgan fingerprint density at radius 2 is 1.85 bits per heavy atom. The van der Waals surface area contributed by atoms with Crippen LogP contribution in [0.15, 0.2) is 18.2 Å². The van der Waals surface area contributed by atoms with E-state index in [4.69, 9.17) is 4.74 Å². The Balaban J connectivity index is 2.93. The van der Waals surface area contributed by atoms with E-state index in [9.17, 15) is 4.79 Å². The van der Waals surface area contributed by atoms with Crippen LogP contribution in [-0.2, 0) is 0 Å². The summed E-state index contributed by atoms with van der Waals surface area (Å²) in [6.07, 6.45) is -0.433. The predicted molar refractivity (Wildman–Crippen MR) is 51.0 cm³/mol. The van der Waals surface area contributed by atoms with E-state index in [1.807, 2.05) is 32.0 Å². The molecule has 0 aliphatic rings. The molecule has 0 aliphatic carbocycles. The fraction of sp³-hybridized carbons (Fsp3) is 0.300. The number of rotatable bonds is 1. The minimum atomic E-state index is -0.433. The summed E-state index contributed by atoms with van der Waals surface area (Å²) in [4.78, 5) is 11.0. The summed E-state index contributed by atoms with van der Waals surface area (Å²) in [7, 11) is 1.54. The van der Waals surface area contributed by atoms with Crippen LogP contribution in [0.2, 0.25) is 0 Å². The molecule has 1 amide bonds. The van der Waals surface area contributed by atoms with Gasteiger partial charge in [-0.15, -0.1) is 0 Å². The monoisotopic (exact) mass is 179 g/mol. The third-order valence-electron chi connectivity index (χ3n) is 1.81. The zero-order valence-electron chi connectivity index (χ0n) is 8.05. The van der Waals surface area contributed by atoms with Gasteiger partial charge in [-0.05, 0) is 25.0 Å². The maximum Gasteiger partial charge on any atom is 0.412 e. The van der Waals surface area contributed by atoms with E-state index >= 15 is 0 Å². The van der Waals surface area contributed by atoms with Crippen LogP contribution in [0.25, 0.3) is 0 Å². The van der Waals surface area contributed by atoms with Gasteiger partial charge in [-0.2, -0.15) is 0 Å². The number of carbonyl (C=O) groups is 1. The van der Waals surface area contributed by atoms with E-state index in [0.717, 1.165) is 11.1 Å². The molecule has 13 heavy (non-hydrogen) atoms. The van der Waals surface area contributed by atoms with Crippen molar-refractivity contribution in [1.29, 1.82) is 0 Å². The third-order valence-corrected chi connectivity index (χ3v) is 1.81. The van der Waals surface area contributed by atoms with Gasteiger partial charge in [0.05, 0.1) is 0 Å². The van der Waals surface area contributed by atoms with Crippen LogP contribution in [0.5, 0.6) is 5.75 Å². The van der Waals surface area contributed by atoms with E-state index in [1.54, 1.807) is 0 Å². The average molecular weight is 179 g/mol. The Morgan fingerprint density at radius 3 is 2.31 bits per heavy atom. The summed E-state index contributed by atoms with van der Waals surface area (Å²) in [5.41, 5.74) is 1.92. The van der Waals surface area contributed by atoms with Gasteiger partial charge in [-0.25, -0.2) is 4.79 Å². The second kappa shape index (κ2) is 3.94. The normalized spacial score (nSPS) is 9.46. The van der Waals surface area contributed by atoms with Gasteiger partial charge in [0.15, 0.2) is 0 Å². The molecule has 1 aromatic carbocycles. The zero-order valence-corrected chi connectivity index (χ0v) is 8.05. The standard InChI is InChI=1S/C10H13NO2/c1-7-5-4-6-8(2)9(7)13-10(12)11-3/h4-6H,1-3H3,(H,11,12). The highest BCUT2D eigenvalue weighted by Crippen LogP contribution is 2.22. The number of nitrogens with one attached hydrogen (secondary N) is 1. The molecule has 0 saturated carbocycles. The number of hydrogen-bond acceptors (Lipinski definition) is 2. The molecule has 0 bridgehead atoms. The van der Waals surface area contributed by atoms with E-state index in [0.29, 0.717) is 5.75 Å². The van der Waals surface area contributed by atoms with Crippen molar-refractivity contribution < 1.29 is 9.53 Å². The first kappa shape index (κ1) is 9.58. The maximum atomic E-state index is 11.0. The lowest BCUT2D eigenvalue weighted by atomic mass is 10.1. The maximum absolute atomic E-state index is 11.0. The topological polar surface area (TPSA) is 38.3 Å². The third kappa shape index (κ3) is 2.21. The Labute approximate surface area is 77.7 Å². The second-order valence-corrected chi connectivity index (χ2v) is 2.86. The predicted octanol–water partition coefficient (Wildman–Crippen LogP) is 2.02. The first-order valence-corrected chi connectivity index (χ1v) is 4.11. The molecule has 0 radical (unpaired) electrons. The summed E-state index contributed by atoms with van der Waals surface area (Å²) < 4.78 is 5.08. The molecular formula is C10H13NO2. The molecule has 3 heteroatoms. The number of carbonyl (C=O) groups excluding carboxylic acids is 1. The highest BCUT2D eigenvalue weighted by atomic mass is 16.6. The van der Waals surface area contributed by atoms with Gasteiger partial charge in [0.2, 0.25) is 0 Å². The molecule has 1 rings (SSSR count). The molecule has 0 saturated heterocycles. The Kier molecular flexibility index (Phi) is 2.90. The van der Waals surface area contributed by atoms with Gasteiger partial charge in [0, 0.05) is 7.05 Å². The zero-order chi connectivity index (χ0) is 9.84. The molecule has 0 heterocycles. The smallest absolute Gasteiger partial charge is 0.410 e. The van der Waals surface area contributed by atoms with Crippen LogP contribution in [0, 0.1) is 13.8 Å². The highest BCUT2D eigenvalue weighted by molar-refractivity contribution is 5.70. The van der Waals surface area contributed by atoms with Gasteiger partial charge >= 0.3 is 6.09 Å². The van der Waals surface area contributed by atoms with Crippen LogP contribution in [-0.4, -0.2) is 13.1 Å². The van der Waals surface area contributed by atoms with Gasteiger partial charge < -0.3 is 10.1 Å². The molecule has 0 aromatic heterocycles. The number of aryl methyl sites for hydroxylation is 2. The first-order chi connectivity index (χ1) is 6.15. The Morgan fingerprint density at radius 1 is 1.31 bits per heavy atom. The van der Waals surface area contributed by atoms with Crippen molar-refractivity contribution in [3.05, 3.63) is 29.3 Å². The van der Waals surface area contributed by atoms with Crippen molar-refractivity contribution in [2.24, 2.45) is 0 Å². The molecule has 70 valence electrons. The molecule has 0 atom stereocenters. The number of ether oxygens (including phenoxy) is 1. The molecule has 0 unspecified atom stereocenters. The Hall–Kier alpha value is -1.51. The lowest BCUT2D eigenvalue weighted by molar-refractivity contribution is 0.202. The largest absolute Gasteiger partial charge is 0.412 e. The molecule has 0 fully saturated rings. The van der Waals surface area contributed by atoms with Gasteiger partial charge in [-0.3, -0.25) is 0 Å². The molecule has 0 spiro atoms. The van der Waals surface area contributed by atoms with Crippen molar-refractivity contribution in [3.8, 4) is 5.75 Å². The summed E-state index contributed by atoms with van der Waals surface area (Å²) in [5, 5.41) is 2.41. The van der Waals surface area contributed by atoms with E-state index in [1.165, 1.54) is 7.05 Å². The summed E-state index contributed by atoms with van der Waals surface area (Å²) in [5.74, 6) is 0.641. The molecule has 1 N–H and O–H groups in total. The molecular weight excluding hydrogens is 166 g/mol. The minimum Gasteiger partial charge on any atom is -0.410 e. The number of benzene rings is 1. The van der Waals surface area contributed by atoms with Gasteiger partial charge in [-0.1, -0.05) is 18.2 Å². The first-order valence-electron chi connectivity index (χ1n) is 4.11. The lowest BCUT2D eigenvalue weighted by Crippen LogP contribution is -2.22. The van der Waals surface area contributed by atoms with E-state index in [-0.39, 0.29) is 0 Å². The summed E-state index contributed by atoms with van der Waals surface area (Å²) in [6.45, 7) is 3.82. The second-order valence-electron chi connectivity index (χ2n) is 2.86. The minimum absolute atomic E-state index is 0.433.